The first-order chi connectivity index (χ1) is 12.2. The number of benzene rings is 2. The monoisotopic (exact) mass is 382 g/mol. The Hall–Kier alpha value is -2.48. The molecule has 0 unspecified atom stereocenters. The first-order valence-corrected chi connectivity index (χ1v) is 8.57. The predicted octanol–water partition coefficient (Wildman–Crippen LogP) is 4.14. The molecule has 0 saturated carbocycles. The summed E-state index contributed by atoms with van der Waals surface area (Å²) < 4.78 is 38.0. The lowest BCUT2D eigenvalue weighted by molar-refractivity contribution is -0.137. The minimum absolute atomic E-state index is 0.0281. The molecule has 2 rings (SSSR count). The molecule has 0 heterocycles. The fourth-order valence-corrected chi connectivity index (χ4v) is 2.82. The van der Waals surface area contributed by atoms with Gasteiger partial charge in [-0.3, -0.25) is 9.59 Å². The third kappa shape index (κ3) is 5.52. The number of halogens is 3. The first kappa shape index (κ1) is 19.8. The minimum atomic E-state index is -4.41. The molecule has 2 amide bonds. The Morgan fingerprint density at radius 3 is 2.31 bits per heavy atom. The van der Waals surface area contributed by atoms with Crippen LogP contribution in [0.1, 0.15) is 15.9 Å². The molecule has 26 heavy (non-hydrogen) atoms. The summed E-state index contributed by atoms with van der Waals surface area (Å²) >= 11 is 1.02. The van der Waals surface area contributed by atoms with Gasteiger partial charge in [-0.1, -0.05) is 6.07 Å². The van der Waals surface area contributed by atoms with Crippen molar-refractivity contribution in [3.05, 3.63) is 59.7 Å². The van der Waals surface area contributed by atoms with Gasteiger partial charge in [-0.15, -0.1) is 11.8 Å². The van der Waals surface area contributed by atoms with Crippen molar-refractivity contribution in [1.29, 1.82) is 0 Å². The Morgan fingerprint density at radius 1 is 1.08 bits per heavy atom. The maximum absolute atomic E-state index is 12.7. The molecule has 138 valence electrons. The molecule has 0 aliphatic rings. The van der Waals surface area contributed by atoms with Gasteiger partial charge in [0.15, 0.2) is 0 Å². The number of alkyl halides is 3. The van der Waals surface area contributed by atoms with E-state index < -0.39 is 11.7 Å². The Kier molecular flexibility index (Phi) is 6.31. The highest BCUT2D eigenvalue weighted by atomic mass is 32.2. The zero-order valence-corrected chi connectivity index (χ0v) is 14.9. The van der Waals surface area contributed by atoms with Gasteiger partial charge in [-0.25, -0.2) is 0 Å². The van der Waals surface area contributed by atoms with Gasteiger partial charge in [-0.2, -0.15) is 13.2 Å². The Bertz CT molecular complexity index is 790. The van der Waals surface area contributed by atoms with Gasteiger partial charge < -0.3 is 10.2 Å². The molecule has 4 nitrogen and oxygen atoms in total. The molecule has 8 heteroatoms. The highest BCUT2D eigenvalue weighted by Gasteiger charge is 2.30. The number of carbonyl (C=O) groups excluding carboxylic acids is 2. The minimum Gasteiger partial charge on any atom is -0.345 e. The molecule has 0 aliphatic carbocycles. The van der Waals surface area contributed by atoms with Gasteiger partial charge in [0.1, 0.15) is 0 Å². The van der Waals surface area contributed by atoms with E-state index in [2.05, 4.69) is 5.32 Å². The van der Waals surface area contributed by atoms with E-state index in [0.717, 1.165) is 23.9 Å². The van der Waals surface area contributed by atoms with E-state index in [4.69, 9.17) is 0 Å². The smallest absolute Gasteiger partial charge is 0.345 e. The average molecular weight is 382 g/mol. The summed E-state index contributed by atoms with van der Waals surface area (Å²) in [6.07, 6.45) is -4.41. The Balaban J connectivity index is 1.92. The van der Waals surface area contributed by atoms with E-state index in [0.29, 0.717) is 16.1 Å². The quantitative estimate of drug-likeness (QED) is 0.791. The molecule has 0 atom stereocenters. The number of nitrogens with zero attached hydrogens (tertiary/aromatic N) is 1. The van der Waals surface area contributed by atoms with Crippen molar-refractivity contribution in [3.63, 3.8) is 0 Å². The molecule has 0 radical (unpaired) electrons. The van der Waals surface area contributed by atoms with Gasteiger partial charge in [0, 0.05) is 30.2 Å². The van der Waals surface area contributed by atoms with Crippen LogP contribution < -0.4 is 5.32 Å². The van der Waals surface area contributed by atoms with Gasteiger partial charge in [0.25, 0.3) is 5.91 Å². The molecule has 1 N–H and O–H groups in total. The SMILES string of the molecule is CN(C)C(=O)c1ccc(NC(=O)CSc2cccc(C(F)(F)F)c2)cc1. The van der Waals surface area contributed by atoms with E-state index >= 15 is 0 Å². The van der Waals surface area contributed by atoms with E-state index in [1.54, 1.807) is 38.4 Å². The maximum atomic E-state index is 12.7. The first-order valence-electron chi connectivity index (χ1n) is 7.58. The lowest BCUT2D eigenvalue weighted by Gasteiger charge is -2.11. The fourth-order valence-electron chi connectivity index (χ4n) is 2.06. The summed E-state index contributed by atoms with van der Waals surface area (Å²) in [6.45, 7) is 0. The number of amides is 2. The van der Waals surface area contributed by atoms with Crippen molar-refractivity contribution in [2.24, 2.45) is 0 Å². The molecule has 2 aromatic rings. The van der Waals surface area contributed by atoms with Crippen LogP contribution in [0.25, 0.3) is 0 Å². The second kappa shape index (κ2) is 8.27. The predicted molar refractivity (Wildman–Crippen MR) is 95.3 cm³/mol. The Labute approximate surface area is 153 Å². The van der Waals surface area contributed by atoms with Gasteiger partial charge >= 0.3 is 6.18 Å². The zero-order chi connectivity index (χ0) is 19.3. The normalized spacial score (nSPS) is 11.1. The van der Waals surface area contributed by atoms with E-state index in [9.17, 15) is 22.8 Å². The molecule has 0 bridgehead atoms. The van der Waals surface area contributed by atoms with Crippen molar-refractivity contribution in [3.8, 4) is 0 Å². The third-order valence-corrected chi connectivity index (χ3v) is 4.35. The molecular formula is C18H17F3N2O2S. The van der Waals surface area contributed by atoms with Crippen LogP contribution in [0, 0.1) is 0 Å². The molecule has 0 spiro atoms. The third-order valence-electron chi connectivity index (χ3n) is 3.35. The summed E-state index contributed by atoms with van der Waals surface area (Å²) in [5, 5.41) is 2.65. The summed E-state index contributed by atoms with van der Waals surface area (Å²) in [4.78, 5) is 25.6. The molecule has 0 aromatic heterocycles. The van der Waals surface area contributed by atoms with E-state index in [1.165, 1.54) is 17.0 Å². The van der Waals surface area contributed by atoms with Crippen molar-refractivity contribution in [1.82, 2.24) is 4.90 Å². The molecule has 2 aromatic carbocycles. The van der Waals surface area contributed by atoms with Crippen LogP contribution in [-0.4, -0.2) is 36.6 Å². The van der Waals surface area contributed by atoms with Crippen molar-refractivity contribution >= 4 is 29.3 Å². The zero-order valence-electron chi connectivity index (χ0n) is 14.1. The summed E-state index contributed by atoms with van der Waals surface area (Å²) in [5.74, 6) is -0.526. The van der Waals surface area contributed by atoms with Gasteiger partial charge in [-0.05, 0) is 42.5 Å². The van der Waals surface area contributed by atoms with Crippen LogP contribution in [0.2, 0.25) is 0 Å². The molecular weight excluding hydrogens is 365 g/mol. The summed E-state index contributed by atoms with van der Waals surface area (Å²) in [7, 11) is 3.28. The highest BCUT2D eigenvalue weighted by molar-refractivity contribution is 8.00. The van der Waals surface area contributed by atoms with Crippen molar-refractivity contribution in [2.45, 2.75) is 11.1 Å². The highest BCUT2D eigenvalue weighted by Crippen LogP contribution is 2.31. The van der Waals surface area contributed by atoms with Gasteiger partial charge in [0.05, 0.1) is 11.3 Å². The lowest BCUT2D eigenvalue weighted by Crippen LogP contribution is -2.21. The van der Waals surface area contributed by atoms with Crippen molar-refractivity contribution < 1.29 is 22.8 Å². The molecule has 0 saturated heterocycles. The van der Waals surface area contributed by atoms with Crippen LogP contribution in [-0.2, 0) is 11.0 Å². The van der Waals surface area contributed by atoms with Crippen LogP contribution in [0.15, 0.2) is 53.4 Å². The number of rotatable bonds is 5. The fraction of sp³-hybridized carbons (Fsp3) is 0.222. The van der Waals surface area contributed by atoms with Crippen LogP contribution >= 0.6 is 11.8 Å². The largest absolute Gasteiger partial charge is 0.416 e. The number of nitrogens with one attached hydrogen (secondary N) is 1. The lowest BCUT2D eigenvalue weighted by atomic mass is 10.2. The second-order valence-electron chi connectivity index (χ2n) is 5.64. The summed E-state index contributed by atoms with van der Waals surface area (Å²) in [6, 6.07) is 11.2. The van der Waals surface area contributed by atoms with Crippen molar-refractivity contribution in [2.75, 3.05) is 25.2 Å². The summed E-state index contributed by atoms with van der Waals surface area (Å²) in [5.41, 5.74) is 0.255. The van der Waals surface area contributed by atoms with Crippen LogP contribution in [0.4, 0.5) is 18.9 Å². The van der Waals surface area contributed by atoms with Crippen LogP contribution in [0.3, 0.4) is 0 Å². The molecule has 0 aliphatic heterocycles. The standard InChI is InChI=1S/C18H17F3N2O2S/c1-23(2)17(25)12-6-8-14(9-7-12)22-16(24)11-26-15-5-3-4-13(10-15)18(19,20)21/h3-10H,11H2,1-2H3,(H,22,24). The number of hydrogen-bond donors (Lipinski definition) is 1. The average Bonchev–Trinajstić information content (AvgIpc) is 2.59. The number of hydrogen-bond acceptors (Lipinski definition) is 3. The Morgan fingerprint density at radius 2 is 1.73 bits per heavy atom. The van der Waals surface area contributed by atoms with Crippen LogP contribution in [0.5, 0.6) is 0 Å². The number of carbonyl (C=O) groups is 2. The topological polar surface area (TPSA) is 49.4 Å². The van der Waals surface area contributed by atoms with E-state index in [-0.39, 0.29) is 17.6 Å². The van der Waals surface area contributed by atoms with E-state index in [1.807, 2.05) is 0 Å². The van der Waals surface area contributed by atoms with Gasteiger partial charge in [0.2, 0.25) is 5.91 Å². The number of thioether (sulfide) groups is 1. The maximum Gasteiger partial charge on any atom is 0.416 e. The second-order valence-corrected chi connectivity index (χ2v) is 6.69. The molecule has 0 fully saturated rings. The number of anilines is 1.